The Morgan fingerprint density at radius 3 is 2.04 bits per heavy atom. The van der Waals surface area contributed by atoms with Gasteiger partial charge in [0.15, 0.2) is 9.84 Å². The van der Waals surface area contributed by atoms with Crippen LogP contribution in [0, 0.1) is 0 Å². The first-order valence-corrected chi connectivity index (χ1v) is 9.97. The summed E-state index contributed by atoms with van der Waals surface area (Å²) >= 11 is 0. The maximum Gasteiger partial charge on any atom is 0.251 e. The molecule has 0 saturated heterocycles. The Morgan fingerprint density at radius 1 is 1.09 bits per heavy atom. The fourth-order valence-corrected chi connectivity index (χ4v) is 3.37. The van der Waals surface area contributed by atoms with Gasteiger partial charge in [-0.1, -0.05) is 12.1 Å². The van der Waals surface area contributed by atoms with Crippen LogP contribution in [-0.4, -0.2) is 50.7 Å². The number of benzene rings is 1. The monoisotopic (exact) mass is 340 g/mol. The number of carbonyl (C=O) groups excluding carboxylic acids is 1. The largest absolute Gasteiger partial charge is 0.351 e. The summed E-state index contributed by atoms with van der Waals surface area (Å²) in [6.45, 7) is 9.95. The summed E-state index contributed by atoms with van der Waals surface area (Å²) < 4.78 is 22.5. The van der Waals surface area contributed by atoms with Crippen LogP contribution in [0.4, 0.5) is 0 Å². The Morgan fingerprint density at radius 2 is 1.61 bits per heavy atom. The zero-order valence-electron chi connectivity index (χ0n) is 14.7. The van der Waals surface area contributed by atoms with Gasteiger partial charge in [0.1, 0.15) is 0 Å². The molecule has 1 rings (SSSR count). The molecule has 0 aliphatic rings. The Bertz CT molecular complexity index is 599. The average molecular weight is 340 g/mol. The molecule has 1 aromatic rings. The van der Waals surface area contributed by atoms with Crippen LogP contribution in [-0.2, 0) is 15.6 Å². The molecule has 130 valence electrons. The number of amides is 1. The van der Waals surface area contributed by atoms with E-state index in [0.717, 1.165) is 6.54 Å². The van der Waals surface area contributed by atoms with Gasteiger partial charge in [0.2, 0.25) is 0 Å². The van der Waals surface area contributed by atoms with Crippen molar-refractivity contribution in [2.45, 2.75) is 45.5 Å². The van der Waals surface area contributed by atoms with Crippen molar-refractivity contribution in [1.29, 1.82) is 0 Å². The molecule has 0 aliphatic carbocycles. The quantitative estimate of drug-likeness (QED) is 0.787. The fourth-order valence-electron chi connectivity index (χ4n) is 2.57. The van der Waals surface area contributed by atoms with Crippen LogP contribution >= 0.6 is 0 Å². The summed E-state index contributed by atoms with van der Waals surface area (Å²) in [6, 6.07) is 7.57. The predicted octanol–water partition coefficient (Wildman–Crippen LogP) is 2.08. The molecule has 0 radical (unpaired) electrons. The molecule has 0 bridgehead atoms. The molecule has 0 aliphatic heterocycles. The number of carbonyl (C=O) groups is 1. The van der Waals surface area contributed by atoms with Gasteiger partial charge < -0.3 is 5.32 Å². The number of nitrogens with one attached hydrogen (secondary N) is 1. The highest BCUT2D eigenvalue weighted by Gasteiger charge is 2.13. The molecular formula is C17H28N2O3S. The molecule has 0 heterocycles. The SMILES string of the molecule is CC(C)N(CCNC(=O)c1ccc(CS(C)(=O)=O)cc1)C(C)C. The van der Waals surface area contributed by atoms with Crippen molar-refractivity contribution in [2.75, 3.05) is 19.3 Å². The molecule has 23 heavy (non-hydrogen) atoms. The molecule has 0 atom stereocenters. The predicted molar refractivity (Wildman–Crippen MR) is 94.3 cm³/mol. The number of rotatable bonds is 8. The molecule has 0 fully saturated rings. The summed E-state index contributed by atoms with van der Waals surface area (Å²) in [6.07, 6.45) is 1.20. The highest BCUT2D eigenvalue weighted by atomic mass is 32.2. The fraction of sp³-hybridized carbons (Fsp3) is 0.588. The molecule has 5 nitrogen and oxygen atoms in total. The first-order valence-electron chi connectivity index (χ1n) is 7.90. The second-order valence-corrected chi connectivity index (χ2v) is 8.59. The number of nitrogens with zero attached hydrogens (tertiary/aromatic N) is 1. The highest BCUT2D eigenvalue weighted by molar-refractivity contribution is 7.89. The third-order valence-electron chi connectivity index (χ3n) is 3.63. The lowest BCUT2D eigenvalue weighted by molar-refractivity contribution is 0.0939. The zero-order chi connectivity index (χ0) is 17.6. The van der Waals surface area contributed by atoms with Gasteiger partial charge in [-0.05, 0) is 45.4 Å². The Kier molecular flexibility index (Phi) is 7.22. The Balaban J connectivity index is 2.55. The third-order valence-corrected chi connectivity index (χ3v) is 4.48. The molecule has 0 unspecified atom stereocenters. The standard InChI is InChI=1S/C17H28N2O3S/c1-13(2)19(14(3)4)11-10-18-17(20)16-8-6-15(7-9-16)12-23(5,21)22/h6-9,13-14H,10-12H2,1-5H3,(H,18,20). The average Bonchev–Trinajstić information content (AvgIpc) is 2.41. The van der Waals surface area contributed by atoms with Gasteiger partial charge in [-0.15, -0.1) is 0 Å². The summed E-state index contributed by atoms with van der Waals surface area (Å²) in [5.74, 6) is -0.143. The second-order valence-electron chi connectivity index (χ2n) is 6.45. The first kappa shape index (κ1) is 19.6. The molecule has 1 aromatic carbocycles. The van der Waals surface area contributed by atoms with Gasteiger partial charge in [-0.25, -0.2) is 8.42 Å². The Labute approximate surface area is 140 Å². The van der Waals surface area contributed by atoms with Crippen LogP contribution in [0.1, 0.15) is 43.6 Å². The maximum atomic E-state index is 12.1. The highest BCUT2D eigenvalue weighted by Crippen LogP contribution is 2.08. The number of hydrogen-bond acceptors (Lipinski definition) is 4. The molecule has 0 saturated carbocycles. The molecule has 1 amide bonds. The van der Waals surface area contributed by atoms with E-state index in [1.807, 2.05) is 0 Å². The minimum atomic E-state index is -3.06. The van der Waals surface area contributed by atoms with Crippen molar-refractivity contribution >= 4 is 15.7 Å². The van der Waals surface area contributed by atoms with Crippen molar-refractivity contribution in [1.82, 2.24) is 10.2 Å². The molecule has 0 aromatic heterocycles. The second kappa shape index (κ2) is 8.45. The van der Waals surface area contributed by atoms with Crippen LogP contribution in [0.2, 0.25) is 0 Å². The van der Waals surface area contributed by atoms with Crippen LogP contribution in [0.25, 0.3) is 0 Å². The minimum absolute atomic E-state index is 0.00731. The van der Waals surface area contributed by atoms with Gasteiger partial charge >= 0.3 is 0 Å². The van der Waals surface area contributed by atoms with Crippen molar-refractivity contribution in [3.05, 3.63) is 35.4 Å². The van der Waals surface area contributed by atoms with E-state index < -0.39 is 9.84 Å². The van der Waals surface area contributed by atoms with E-state index in [9.17, 15) is 13.2 Å². The van der Waals surface area contributed by atoms with Gasteiger partial charge in [0.25, 0.3) is 5.91 Å². The minimum Gasteiger partial charge on any atom is -0.351 e. The van der Waals surface area contributed by atoms with E-state index in [-0.39, 0.29) is 11.7 Å². The van der Waals surface area contributed by atoms with Crippen molar-refractivity contribution < 1.29 is 13.2 Å². The van der Waals surface area contributed by atoms with Gasteiger partial charge in [-0.3, -0.25) is 9.69 Å². The van der Waals surface area contributed by atoms with E-state index >= 15 is 0 Å². The molecular weight excluding hydrogens is 312 g/mol. The van der Waals surface area contributed by atoms with Crippen LogP contribution in [0.5, 0.6) is 0 Å². The summed E-state index contributed by atoms with van der Waals surface area (Å²) in [5, 5.41) is 2.91. The topological polar surface area (TPSA) is 66.5 Å². The van der Waals surface area contributed by atoms with Crippen LogP contribution in [0.3, 0.4) is 0 Å². The van der Waals surface area contributed by atoms with Gasteiger partial charge in [-0.2, -0.15) is 0 Å². The number of hydrogen-bond donors (Lipinski definition) is 1. The van der Waals surface area contributed by atoms with Crippen LogP contribution in [0.15, 0.2) is 24.3 Å². The third kappa shape index (κ3) is 7.14. The van der Waals surface area contributed by atoms with E-state index in [1.54, 1.807) is 24.3 Å². The maximum absolute atomic E-state index is 12.1. The summed E-state index contributed by atoms with van der Waals surface area (Å²) in [4.78, 5) is 14.4. The lowest BCUT2D eigenvalue weighted by Gasteiger charge is -2.30. The molecule has 6 heteroatoms. The van der Waals surface area contributed by atoms with Gasteiger partial charge in [0, 0.05) is 37.0 Å². The lowest BCUT2D eigenvalue weighted by atomic mass is 10.1. The number of sulfone groups is 1. The first-order chi connectivity index (χ1) is 10.6. The van der Waals surface area contributed by atoms with Crippen LogP contribution < -0.4 is 5.32 Å². The van der Waals surface area contributed by atoms with E-state index in [0.29, 0.717) is 29.8 Å². The van der Waals surface area contributed by atoms with Crippen molar-refractivity contribution in [3.63, 3.8) is 0 Å². The summed E-state index contributed by atoms with van der Waals surface area (Å²) in [5.41, 5.74) is 1.23. The smallest absolute Gasteiger partial charge is 0.251 e. The van der Waals surface area contributed by atoms with E-state index in [4.69, 9.17) is 0 Å². The van der Waals surface area contributed by atoms with Crippen molar-refractivity contribution in [3.8, 4) is 0 Å². The Hall–Kier alpha value is -1.40. The molecule has 1 N–H and O–H groups in total. The zero-order valence-corrected chi connectivity index (χ0v) is 15.5. The normalized spacial score (nSPS) is 12.2. The van der Waals surface area contributed by atoms with E-state index in [2.05, 4.69) is 37.9 Å². The van der Waals surface area contributed by atoms with E-state index in [1.165, 1.54) is 6.26 Å². The molecule has 0 spiro atoms. The lowest BCUT2D eigenvalue weighted by Crippen LogP contribution is -2.42. The van der Waals surface area contributed by atoms with Gasteiger partial charge in [0.05, 0.1) is 5.75 Å². The van der Waals surface area contributed by atoms with Crippen molar-refractivity contribution in [2.24, 2.45) is 0 Å². The summed E-state index contributed by atoms with van der Waals surface area (Å²) in [7, 11) is -3.06.